The number of benzene rings is 2. The topological polar surface area (TPSA) is 40.6 Å². The Morgan fingerprint density at radius 2 is 1.42 bits per heavy atom. The summed E-state index contributed by atoms with van der Waals surface area (Å²) in [6, 6.07) is 16.8. The molecular formula is C19H19ClN2O2. The van der Waals surface area contributed by atoms with Crippen LogP contribution in [0.5, 0.6) is 0 Å². The molecule has 0 unspecified atom stereocenters. The highest BCUT2D eigenvalue weighted by molar-refractivity contribution is 6.33. The minimum atomic E-state index is -0.0734. The van der Waals surface area contributed by atoms with Gasteiger partial charge < -0.3 is 9.80 Å². The van der Waals surface area contributed by atoms with Crippen LogP contribution in [0.4, 0.5) is 0 Å². The van der Waals surface area contributed by atoms with Gasteiger partial charge in [-0.05, 0) is 17.7 Å². The molecule has 2 amide bonds. The summed E-state index contributed by atoms with van der Waals surface area (Å²) in [6.07, 6.45) is 0.402. The zero-order valence-corrected chi connectivity index (χ0v) is 14.1. The van der Waals surface area contributed by atoms with Gasteiger partial charge in [0.05, 0.1) is 17.0 Å². The van der Waals surface area contributed by atoms with E-state index in [4.69, 9.17) is 11.6 Å². The number of nitrogens with zero attached hydrogens (tertiary/aromatic N) is 2. The van der Waals surface area contributed by atoms with E-state index in [0.717, 1.165) is 5.56 Å². The molecule has 0 N–H and O–H groups in total. The first-order chi connectivity index (χ1) is 11.6. The first-order valence-corrected chi connectivity index (χ1v) is 8.38. The van der Waals surface area contributed by atoms with Gasteiger partial charge in [-0.15, -0.1) is 0 Å². The molecule has 1 aliphatic rings. The number of carbonyl (C=O) groups is 2. The molecule has 24 heavy (non-hydrogen) atoms. The molecule has 0 saturated carbocycles. The van der Waals surface area contributed by atoms with Gasteiger partial charge in [0.15, 0.2) is 0 Å². The maximum atomic E-state index is 12.5. The van der Waals surface area contributed by atoms with Crippen molar-refractivity contribution in [3.05, 3.63) is 70.7 Å². The van der Waals surface area contributed by atoms with Crippen molar-refractivity contribution >= 4 is 23.4 Å². The smallest absolute Gasteiger partial charge is 0.255 e. The van der Waals surface area contributed by atoms with Gasteiger partial charge >= 0.3 is 0 Å². The normalized spacial score (nSPS) is 14.5. The van der Waals surface area contributed by atoms with Crippen molar-refractivity contribution in [2.45, 2.75) is 6.42 Å². The van der Waals surface area contributed by atoms with Crippen molar-refractivity contribution in [3.63, 3.8) is 0 Å². The predicted molar refractivity (Wildman–Crippen MR) is 94.1 cm³/mol. The Balaban J connectivity index is 1.57. The molecule has 0 spiro atoms. The zero-order valence-electron chi connectivity index (χ0n) is 13.3. The Kier molecular flexibility index (Phi) is 5.16. The van der Waals surface area contributed by atoms with Crippen LogP contribution in [0.15, 0.2) is 54.6 Å². The molecule has 0 bridgehead atoms. The molecule has 2 aromatic carbocycles. The molecule has 2 aromatic rings. The Hall–Kier alpha value is -2.33. The summed E-state index contributed by atoms with van der Waals surface area (Å²) in [6.45, 7) is 2.18. The van der Waals surface area contributed by atoms with Crippen molar-refractivity contribution in [3.8, 4) is 0 Å². The van der Waals surface area contributed by atoms with Crippen LogP contribution in [-0.4, -0.2) is 47.8 Å². The van der Waals surface area contributed by atoms with Crippen LogP contribution in [0.25, 0.3) is 0 Å². The summed E-state index contributed by atoms with van der Waals surface area (Å²) < 4.78 is 0. The van der Waals surface area contributed by atoms with Gasteiger partial charge in [-0.1, -0.05) is 54.1 Å². The second-order valence-electron chi connectivity index (χ2n) is 5.82. The third-order valence-electron chi connectivity index (χ3n) is 4.22. The van der Waals surface area contributed by atoms with Gasteiger partial charge in [0.25, 0.3) is 5.91 Å². The van der Waals surface area contributed by atoms with E-state index in [1.165, 1.54) is 0 Å². The lowest BCUT2D eigenvalue weighted by atomic mass is 10.1. The third-order valence-corrected chi connectivity index (χ3v) is 4.55. The van der Waals surface area contributed by atoms with Crippen molar-refractivity contribution in [1.82, 2.24) is 9.80 Å². The van der Waals surface area contributed by atoms with Gasteiger partial charge in [0.1, 0.15) is 0 Å². The Bertz CT molecular complexity index is 725. The molecule has 1 saturated heterocycles. The fraction of sp³-hybridized carbons (Fsp3) is 0.263. The SMILES string of the molecule is O=C(Cc1ccccc1)N1CCN(C(=O)c2ccccc2Cl)CC1. The minimum absolute atomic E-state index is 0.0734. The van der Waals surface area contributed by atoms with Crippen LogP contribution in [0, 0.1) is 0 Å². The first kappa shape index (κ1) is 16.5. The molecule has 124 valence electrons. The highest BCUT2D eigenvalue weighted by Crippen LogP contribution is 2.18. The van der Waals surface area contributed by atoms with E-state index in [2.05, 4.69) is 0 Å². The molecule has 5 heteroatoms. The van der Waals surface area contributed by atoms with E-state index in [9.17, 15) is 9.59 Å². The van der Waals surface area contributed by atoms with Gasteiger partial charge in [-0.2, -0.15) is 0 Å². The predicted octanol–water partition coefficient (Wildman–Crippen LogP) is 2.87. The summed E-state index contributed by atoms with van der Waals surface area (Å²) in [5.74, 6) is 0.0294. The van der Waals surface area contributed by atoms with E-state index in [1.807, 2.05) is 35.2 Å². The van der Waals surface area contributed by atoms with Crippen LogP contribution < -0.4 is 0 Å². The van der Waals surface area contributed by atoms with Gasteiger partial charge in [0.2, 0.25) is 5.91 Å². The highest BCUT2D eigenvalue weighted by atomic mass is 35.5. The lowest BCUT2D eigenvalue weighted by molar-refractivity contribution is -0.131. The van der Waals surface area contributed by atoms with E-state index < -0.39 is 0 Å². The molecule has 0 aromatic heterocycles. The Morgan fingerprint density at radius 1 is 0.833 bits per heavy atom. The van der Waals surface area contributed by atoms with Crippen molar-refractivity contribution in [1.29, 1.82) is 0 Å². The number of halogens is 1. The van der Waals surface area contributed by atoms with Crippen LogP contribution >= 0.6 is 11.6 Å². The summed E-state index contributed by atoms with van der Waals surface area (Å²) >= 11 is 6.10. The van der Waals surface area contributed by atoms with Crippen LogP contribution in [0.2, 0.25) is 5.02 Å². The van der Waals surface area contributed by atoms with Gasteiger partial charge in [-0.25, -0.2) is 0 Å². The average Bonchev–Trinajstić information content (AvgIpc) is 2.62. The quantitative estimate of drug-likeness (QED) is 0.860. The van der Waals surface area contributed by atoms with Crippen LogP contribution in [-0.2, 0) is 11.2 Å². The van der Waals surface area contributed by atoms with Crippen molar-refractivity contribution in [2.75, 3.05) is 26.2 Å². The lowest BCUT2D eigenvalue weighted by Crippen LogP contribution is -2.51. The second kappa shape index (κ2) is 7.49. The molecule has 1 heterocycles. The summed E-state index contributed by atoms with van der Waals surface area (Å²) in [5, 5.41) is 0.463. The summed E-state index contributed by atoms with van der Waals surface area (Å²) in [5.41, 5.74) is 1.53. The van der Waals surface area contributed by atoms with Gasteiger partial charge in [-0.3, -0.25) is 9.59 Å². The highest BCUT2D eigenvalue weighted by Gasteiger charge is 2.25. The molecule has 0 atom stereocenters. The molecular weight excluding hydrogens is 324 g/mol. The monoisotopic (exact) mass is 342 g/mol. The first-order valence-electron chi connectivity index (χ1n) is 8.00. The zero-order chi connectivity index (χ0) is 16.9. The van der Waals surface area contributed by atoms with Gasteiger partial charge in [0, 0.05) is 26.2 Å². The van der Waals surface area contributed by atoms with E-state index in [1.54, 1.807) is 29.2 Å². The summed E-state index contributed by atoms with van der Waals surface area (Å²) in [7, 11) is 0. The average molecular weight is 343 g/mol. The lowest BCUT2D eigenvalue weighted by Gasteiger charge is -2.35. The second-order valence-corrected chi connectivity index (χ2v) is 6.22. The number of piperazine rings is 1. The number of carbonyl (C=O) groups excluding carboxylic acids is 2. The fourth-order valence-corrected chi connectivity index (χ4v) is 3.06. The Labute approximate surface area is 146 Å². The fourth-order valence-electron chi connectivity index (χ4n) is 2.85. The van der Waals surface area contributed by atoms with E-state index in [-0.39, 0.29) is 11.8 Å². The molecule has 4 nitrogen and oxygen atoms in total. The number of hydrogen-bond donors (Lipinski definition) is 0. The number of rotatable bonds is 3. The summed E-state index contributed by atoms with van der Waals surface area (Å²) in [4.78, 5) is 28.5. The maximum absolute atomic E-state index is 12.5. The van der Waals surface area contributed by atoms with Crippen molar-refractivity contribution < 1.29 is 9.59 Å². The maximum Gasteiger partial charge on any atom is 0.255 e. The number of amides is 2. The number of hydrogen-bond acceptors (Lipinski definition) is 2. The molecule has 3 rings (SSSR count). The van der Waals surface area contributed by atoms with Crippen molar-refractivity contribution in [2.24, 2.45) is 0 Å². The van der Waals surface area contributed by atoms with E-state index in [0.29, 0.717) is 43.2 Å². The molecule has 0 radical (unpaired) electrons. The molecule has 1 aliphatic heterocycles. The molecule has 0 aliphatic carbocycles. The van der Waals surface area contributed by atoms with E-state index >= 15 is 0 Å². The standard InChI is InChI=1S/C19H19ClN2O2/c20-17-9-5-4-8-16(17)19(24)22-12-10-21(11-13-22)18(23)14-15-6-2-1-3-7-15/h1-9H,10-14H2. The van der Waals surface area contributed by atoms with Crippen LogP contribution in [0.3, 0.4) is 0 Å². The molecule has 1 fully saturated rings. The minimum Gasteiger partial charge on any atom is -0.339 e. The van der Waals surface area contributed by atoms with Crippen LogP contribution in [0.1, 0.15) is 15.9 Å². The third kappa shape index (κ3) is 3.77. The largest absolute Gasteiger partial charge is 0.339 e. The Morgan fingerprint density at radius 3 is 2.08 bits per heavy atom.